The molecule has 19 heavy (non-hydrogen) atoms. The van der Waals surface area contributed by atoms with Crippen molar-refractivity contribution in [2.45, 2.75) is 64.2 Å². The van der Waals surface area contributed by atoms with Crippen molar-refractivity contribution in [2.75, 3.05) is 0 Å². The first kappa shape index (κ1) is 12.7. The third-order valence-corrected chi connectivity index (χ3v) is 4.63. The van der Waals surface area contributed by atoms with Crippen LogP contribution in [0.25, 0.3) is 0 Å². The molecular formula is C15H21NO3. The standard InChI is InChI=1S/C15H21NO3/c1-15(2)7-5-9(6-8-15)12-11(14(17)18)13(19-16-12)10-3-4-10/h9-10H,3-8H2,1-2H3,(H,17,18). The molecule has 0 saturated heterocycles. The van der Waals surface area contributed by atoms with E-state index in [0.717, 1.165) is 38.5 Å². The molecule has 3 rings (SSSR count). The van der Waals surface area contributed by atoms with Crippen LogP contribution in [0.2, 0.25) is 0 Å². The molecular weight excluding hydrogens is 242 g/mol. The molecule has 0 radical (unpaired) electrons. The van der Waals surface area contributed by atoms with E-state index in [2.05, 4.69) is 19.0 Å². The lowest BCUT2D eigenvalue weighted by Crippen LogP contribution is -2.21. The zero-order chi connectivity index (χ0) is 13.6. The fourth-order valence-corrected chi connectivity index (χ4v) is 3.11. The topological polar surface area (TPSA) is 63.3 Å². The van der Waals surface area contributed by atoms with Gasteiger partial charge in [-0.05, 0) is 43.9 Å². The summed E-state index contributed by atoms with van der Waals surface area (Å²) in [5.74, 6) is 0.304. The van der Waals surface area contributed by atoms with E-state index in [9.17, 15) is 9.90 Å². The first-order valence-corrected chi connectivity index (χ1v) is 7.21. The van der Waals surface area contributed by atoms with Gasteiger partial charge in [0.05, 0.1) is 0 Å². The summed E-state index contributed by atoms with van der Waals surface area (Å²) in [6, 6.07) is 0. The van der Waals surface area contributed by atoms with Gasteiger partial charge in [-0.2, -0.15) is 0 Å². The van der Waals surface area contributed by atoms with Crippen molar-refractivity contribution < 1.29 is 14.4 Å². The molecule has 0 unspecified atom stereocenters. The van der Waals surface area contributed by atoms with Gasteiger partial charge in [-0.3, -0.25) is 0 Å². The lowest BCUT2D eigenvalue weighted by atomic mass is 9.72. The van der Waals surface area contributed by atoms with Crippen LogP contribution < -0.4 is 0 Å². The summed E-state index contributed by atoms with van der Waals surface area (Å²) in [7, 11) is 0. The Morgan fingerprint density at radius 3 is 2.37 bits per heavy atom. The summed E-state index contributed by atoms with van der Waals surface area (Å²) in [4.78, 5) is 11.5. The average Bonchev–Trinajstić information content (AvgIpc) is 3.08. The van der Waals surface area contributed by atoms with E-state index >= 15 is 0 Å². The van der Waals surface area contributed by atoms with Crippen LogP contribution in [-0.2, 0) is 0 Å². The predicted molar refractivity (Wildman–Crippen MR) is 70.4 cm³/mol. The van der Waals surface area contributed by atoms with Gasteiger partial charge in [0.2, 0.25) is 0 Å². The predicted octanol–water partition coefficient (Wildman–Crippen LogP) is 3.93. The molecule has 104 valence electrons. The van der Waals surface area contributed by atoms with Gasteiger partial charge in [-0.1, -0.05) is 19.0 Å². The second kappa shape index (κ2) is 4.36. The Morgan fingerprint density at radius 1 is 1.21 bits per heavy atom. The van der Waals surface area contributed by atoms with E-state index in [0.29, 0.717) is 28.4 Å². The molecule has 0 aliphatic heterocycles. The number of carboxylic acids is 1. The van der Waals surface area contributed by atoms with Crippen molar-refractivity contribution in [2.24, 2.45) is 5.41 Å². The fourth-order valence-electron chi connectivity index (χ4n) is 3.11. The summed E-state index contributed by atoms with van der Waals surface area (Å²) in [6.07, 6.45) is 6.36. The first-order chi connectivity index (χ1) is 8.98. The maximum Gasteiger partial charge on any atom is 0.341 e. The van der Waals surface area contributed by atoms with Gasteiger partial charge >= 0.3 is 5.97 Å². The van der Waals surface area contributed by atoms with Crippen LogP contribution in [-0.4, -0.2) is 16.2 Å². The van der Waals surface area contributed by atoms with E-state index in [4.69, 9.17) is 4.52 Å². The van der Waals surface area contributed by atoms with Crippen LogP contribution in [0.5, 0.6) is 0 Å². The number of carboxylic acid groups (broad SMARTS) is 1. The van der Waals surface area contributed by atoms with E-state index in [-0.39, 0.29) is 5.92 Å². The molecule has 2 saturated carbocycles. The number of rotatable bonds is 3. The zero-order valence-corrected chi connectivity index (χ0v) is 11.6. The van der Waals surface area contributed by atoms with Crippen LogP contribution in [0.1, 0.15) is 86.0 Å². The van der Waals surface area contributed by atoms with E-state index < -0.39 is 5.97 Å². The van der Waals surface area contributed by atoms with Gasteiger partial charge in [-0.25, -0.2) is 4.79 Å². The molecule has 0 atom stereocenters. The monoisotopic (exact) mass is 263 g/mol. The van der Waals surface area contributed by atoms with Crippen molar-refractivity contribution in [1.82, 2.24) is 5.16 Å². The summed E-state index contributed by atoms with van der Waals surface area (Å²) in [5.41, 5.74) is 1.44. The molecule has 0 bridgehead atoms. The SMILES string of the molecule is CC1(C)CCC(c2noc(C3CC3)c2C(=O)O)CC1. The highest BCUT2D eigenvalue weighted by Crippen LogP contribution is 2.47. The van der Waals surface area contributed by atoms with Crippen molar-refractivity contribution in [3.8, 4) is 0 Å². The highest BCUT2D eigenvalue weighted by Gasteiger charge is 2.38. The summed E-state index contributed by atoms with van der Waals surface area (Å²) < 4.78 is 5.36. The lowest BCUT2D eigenvalue weighted by molar-refractivity contribution is 0.0692. The largest absolute Gasteiger partial charge is 0.477 e. The first-order valence-electron chi connectivity index (χ1n) is 7.21. The number of aromatic carboxylic acids is 1. The Bertz CT molecular complexity index is 489. The number of hydrogen-bond acceptors (Lipinski definition) is 3. The molecule has 1 N–H and O–H groups in total. The van der Waals surface area contributed by atoms with Gasteiger partial charge in [0, 0.05) is 11.8 Å². The van der Waals surface area contributed by atoms with Crippen LogP contribution in [0, 0.1) is 5.41 Å². The molecule has 1 aromatic rings. The number of nitrogens with zero attached hydrogens (tertiary/aromatic N) is 1. The minimum Gasteiger partial charge on any atom is -0.477 e. The molecule has 0 aromatic carbocycles. The highest BCUT2D eigenvalue weighted by molar-refractivity contribution is 5.90. The molecule has 2 aliphatic rings. The number of hydrogen-bond donors (Lipinski definition) is 1. The molecule has 4 nitrogen and oxygen atoms in total. The van der Waals surface area contributed by atoms with Gasteiger partial charge in [0.1, 0.15) is 11.3 Å². The number of aromatic nitrogens is 1. The molecule has 4 heteroatoms. The average molecular weight is 263 g/mol. The van der Waals surface area contributed by atoms with Crippen molar-refractivity contribution in [1.29, 1.82) is 0 Å². The Kier molecular flexibility index (Phi) is 2.91. The fraction of sp³-hybridized carbons (Fsp3) is 0.733. The van der Waals surface area contributed by atoms with Crippen LogP contribution >= 0.6 is 0 Å². The quantitative estimate of drug-likeness (QED) is 0.897. The summed E-state index contributed by atoms with van der Waals surface area (Å²) in [5, 5.41) is 13.6. The molecule has 0 spiro atoms. The molecule has 0 amide bonds. The lowest BCUT2D eigenvalue weighted by Gasteiger charge is -2.33. The highest BCUT2D eigenvalue weighted by atomic mass is 16.5. The van der Waals surface area contributed by atoms with Gasteiger partial charge in [0.15, 0.2) is 5.76 Å². The third kappa shape index (κ3) is 2.40. The van der Waals surface area contributed by atoms with Crippen molar-refractivity contribution in [3.05, 3.63) is 17.0 Å². The van der Waals surface area contributed by atoms with Crippen LogP contribution in [0.3, 0.4) is 0 Å². The maximum absolute atomic E-state index is 11.5. The van der Waals surface area contributed by atoms with Gasteiger partial charge in [-0.15, -0.1) is 0 Å². The van der Waals surface area contributed by atoms with Crippen LogP contribution in [0.4, 0.5) is 0 Å². The Balaban J connectivity index is 1.86. The molecule has 2 fully saturated rings. The maximum atomic E-state index is 11.5. The second-order valence-corrected chi connectivity index (χ2v) is 6.82. The van der Waals surface area contributed by atoms with Crippen molar-refractivity contribution >= 4 is 5.97 Å². The van der Waals surface area contributed by atoms with Gasteiger partial charge < -0.3 is 9.63 Å². The Hall–Kier alpha value is -1.32. The second-order valence-electron chi connectivity index (χ2n) is 6.82. The van der Waals surface area contributed by atoms with Gasteiger partial charge in [0.25, 0.3) is 0 Å². The zero-order valence-electron chi connectivity index (χ0n) is 11.6. The van der Waals surface area contributed by atoms with Crippen molar-refractivity contribution in [3.63, 3.8) is 0 Å². The summed E-state index contributed by atoms with van der Waals surface area (Å²) >= 11 is 0. The Labute approximate surface area is 113 Å². The van der Waals surface area contributed by atoms with E-state index in [1.54, 1.807) is 0 Å². The smallest absolute Gasteiger partial charge is 0.341 e. The minimum absolute atomic E-state index is 0.260. The van der Waals surface area contributed by atoms with Crippen LogP contribution in [0.15, 0.2) is 4.52 Å². The minimum atomic E-state index is -0.872. The number of carbonyl (C=O) groups is 1. The molecule has 1 heterocycles. The third-order valence-electron chi connectivity index (χ3n) is 4.63. The normalized spacial score (nSPS) is 23.5. The molecule has 1 aromatic heterocycles. The molecule has 2 aliphatic carbocycles. The van der Waals surface area contributed by atoms with E-state index in [1.165, 1.54) is 0 Å². The van der Waals surface area contributed by atoms with E-state index in [1.807, 2.05) is 0 Å². The Morgan fingerprint density at radius 2 is 1.84 bits per heavy atom. The summed E-state index contributed by atoms with van der Waals surface area (Å²) in [6.45, 7) is 4.56.